The molecule has 0 aliphatic carbocycles. The summed E-state index contributed by atoms with van der Waals surface area (Å²) < 4.78 is 39.7. The van der Waals surface area contributed by atoms with Crippen LogP contribution in [0.1, 0.15) is 39.2 Å². The quantitative estimate of drug-likeness (QED) is 0.250. The number of halogens is 1. The van der Waals surface area contributed by atoms with E-state index in [0.717, 1.165) is 16.3 Å². The van der Waals surface area contributed by atoms with Crippen LogP contribution in [0.3, 0.4) is 0 Å². The van der Waals surface area contributed by atoms with Crippen LogP contribution in [0.5, 0.6) is 11.5 Å². The topological polar surface area (TPSA) is 105 Å². The highest BCUT2D eigenvalue weighted by atomic mass is 35.5. The second-order valence-corrected chi connectivity index (χ2v) is 11.8. The molecule has 1 atom stereocenters. The molecule has 42 heavy (non-hydrogen) atoms. The van der Waals surface area contributed by atoms with E-state index in [4.69, 9.17) is 21.1 Å². The van der Waals surface area contributed by atoms with Gasteiger partial charge in [-0.3, -0.25) is 13.9 Å². The van der Waals surface area contributed by atoms with Crippen LogP contribution in [0.15, 0.2) is 77.7 Å². The van der Waals surface area contributed by atoms with Crippen molar-refractivity contribution >= 4 is 39.1 Å². The number of nitrogens with one attached hydrogen (secondary N) is 1. The van der Waals surface area contributed by atoms with Crippen LogP contribution in [0.25, 0.3) is 0 Å². The second-order valence-electron chi connectivity index (χ2n) is 9.48. The Bertz CT molecular complexity index is 1410. The average Bonchev–Trinajstić information content (AvgIpc) is 2.99. The first-order valence-corrected chi connectivity index (χ1v) is 15.7. The Morgan fingerprint density at radius 2 is 1.52 bits per heavy atom. The van der Waals surface area contributed by atoms with Gasteiger partial charge >= 0.3 is 0 Å². The Labute approximate surface area is 253 Å². The molecule has 0 aromatic heterocycles. The van der Waals surface area contributed by atoms with Crippen molar-refractivity contribution < 1.29 is 27.5 Å². The first kappa shape index (κ1) is 32.8. The van der Waals surface area contributed by atoms with Gasteiger partial charge in [-0.2, -0.15) is 0 Å². The molecule has 3 aromatic rings. The molecular formula is C31H38ClN3O6S. The molecular weight excluding hydrogens is 578 g/mol. The molecule has 0 unspecified atom stereocenters. The van der Waals surface area contributed by atoms with Crippen molar-refractivity contribution in [2.45, 2.75) is 51.1 Å². The van der Waals surface area contributed by atoms with Crippen LogP contribution in [0.4, 0.5) is 5.69 Å². The molecule has 11 heteroatoms. The van der Waals surface area contributed by atoms with Crippen molar-refractivity contribution in [2.24, 2.45) is 0 Å². The molecule has 3 aromatic carbocycles. The smallest absolute Gasteiger partial charge is 0.264 e. The van der Waals surface area contributed by atoms with Gasteiger partial charge in [0.1, 0.15) is 24.1 Å². The zero-order chi connectivity index (χ0) is 30.7. The molecule has 0 aliphatic heterocycles. The number of amides is 2. The maximum absolute atomic E-state index is 14.1. The van der Waals surface area contributed by atoms with E-state index >= 15 is 0 Å². The average molecular weight is 616 g/mol. The highest BCUT2D eigenvalue weighted by Gasteiger charge is 2.33. The van der Waals surface area contributed by atoms with Crippen molar-refractivity contribution in [1.29, 1.82) is 0 Å². The predicted molar refractivity (Wildman–Crippen MR) is 165 cm³/mol. The molecule has 0 aliphatic rings. The monoisotopic (exact) mass is 615 g/mol. The summed E-state index contributed by atoms with van der Waals surface area (Å²) in [5.74, 6) is 0.390. The molecule has 0 fully saturated rings. The summed E-state index contributed by atoms with van der Waals surface area (Å²) >= 11 is 6.02. The molecule has 226 valence electrons. The maximum Gasteiger partial charge on any atom is 0.264 e. The lowest BCUT2D eigenvalue weighted by molar-refractivity contribution is -0.140. The summed E-state index contributed by atoms with van der Waals surface area (Å²) in [6.07, 6.45) is 1.07. The summed E-state index contributed by atoms with van der Waals surface area (Å²) in [5.41, 5.74) is 1.04. The SMILES string of the molecule is CCCNC(=O)[C@@H](CC)N(Cc1ccc(OC)cc1)C(=O)CN(c1ccc(OCC)cc1)S(=O)(=O)c1ccc(Cl)cc1. The highest BCUT2D eigenvalue weighted by molar-refractivity contribution is 7.92. The first-order chi connectivity index (χ1) is 20.1. The minimum atomic E-state index is -4.20. The molecule has 1 N–H and O–H groups in total. The fourth-order valence-electron chi connectivity index (χ4n) is 4.35. The second kappa shape index (κ2) is 15.5. The van der Waals surface area contributed by atoms with Gasteiger partial charge in [-0.05, 0) is 86.0 Å². The normalized spacial score (nSPS) is 11.8. The van der Waals surface area contributed by atoms with Gasteiger partial charge in [-0.25, -0.2) is 8.42 Å². The third-order valence-corrected chi connectivity index (χ3v) is 8.60. The van der Waals surface area contributed by atoms with Crippen molar-refractivity contribution in [1.82, 2.24) is 10.2 Å². The Balaban J connectivity index is 2.04. The van der Waals surface area contributed by atoms with Gasteiger partial charge in [0.25, 0.3) is 10.0 Å². The van der Waals surface area contributed by atoms with Gasteiger partial charge in [-0.15, -0.1) is 0 Å². The number of rotatable bonds is 15. The predicted octanol–water partition coefficient (Wildman–Crippen LogP) is 5.28. The molecule has 0 heterocycles. The van der Waals surface area contributed by atoms with Gasteiger partial charge < -0.3 is 19.7 Å². The summed E-state index contributed by atoms with van der Waals surface area (Å²) in [6.45, 7) is 6.08. The molecule has 0 spiro atoms. The maximum atomic E-state index is 14.1. The number of ether oxygens (including phenoxy) is 2. The van der Waals surface area contributed by atoms with E-state index in [1.165, 1.54) is 29.2 Å². The van der Waals surface area contributed by atoms with Gasteiger partial charge in [0.2, 0.25) is 11.8 Å². The first-order valence-electron chi connectivity index (χ1n) is 13.9. The van der Waals surface area contributed by atoms with Crippen molar-refractivity contribution in [2.75, 3.05) is 31.1 Å². The lowest BCUT2D eigenvalue weighted by atomic mass is 10.1. The standard InChI is InChI=1S/C31H38ClN3O6S/c1-5-20-33-31(37)29(6-2)34(21-23-8-14-26(40-4)15-9-23)30(36)22-35(25-12-16-27(17-13-25)41-7-3)42(38,39)28-18-10-24(32)11-19-28/h8-19,29H,5-7,20-22H2,1-4H3,(H,33,37)/t29-/m1/s1. The number of sulfonamides is 1. The van der Waals surface area contributed by atoms with Crippen molar-refractivity contribution in [3.8, 4) is 11.5 Å². The molecule has 0 saturated heterocycles. The lowest BCUT2D eigenvalue weighted by Gasteiger charge is -2.33. The number of hydrogen-bond donors (Lipinski definition) is 1. The summed E-state index contributed by atoms with van der Waals surface area (Å²) in [4.78, 5) is 28.7. The van der Waals surface area contributed by atoms with E-state index < -0.39 is 28.5 Å². The van der Waals surface area contributed by atoms with Crippen molar-refractivity contribution in [3.63, 3.8) is 0 Å². The zero-order valence-electron chi connectivity index (χ0n) is 24.4. The van der Waals surface area contributed by atoms with Crippen LogP contribution in [-0.2, 0) is 26.2 Å². The van der Waals surface area contributed by atoms with E-state index in [2.05, 4.69) is 5.32 Å². The van der Waals surface area contributed by atoms with Gasteiger partial charge in [0, 0.05) is 18.1 Å². The van der Waals surface area contributed by atoms with Gasteiger partial charge in [-0.1, -0.05) is 37.6 Å². The fraction of sp³-hybridized carbons (Fsp3) is 0.355. The van der Waals surface area contributed by atoms with Crippen LogP contribution in [0, 0.1) is 0 Å². The number of carbonyl (C=O) groups excluding carboxylic acids is 2. The van der Waals surface area contributed by atoms with Crippen molar-refractivity contribution in [3.05, 3.63) is 83.4 Å². The van der Waals surface area contributed by atoms with E-state index in [-0.39, 0.29) is 23.0 Å². The third-order valence-electron chi connectivity index (χ3n) is 6.56. The third kappa shape index (κ3) is 8.39. The van der Waals surface area contributed by atoms with Crippen LogP contribution in [0.2, 0.25) is 5.02 Å². The molecule has 3 rings (SSSR count). The van der Waals surface area contributed by atoms with E-state index in [1.54, 1.807) is 43.5 Å². The minimum Gasteiger partial charge on any atom is -0.497 e. The number of carbonyl (C=O) groups is 2. The lowest BCUT2D eigenvalue weighted by Crippen LogP contribution is -2.52. The fourth-order valence-corrected chi connectivity index (χ4v) is 5.89. The van der Waals surface area contributed by atoms with Crippen LogP contribution < -0.4 is 19.1 Å². The molecule has 0 radical (unpaired) electrons. The number of hydrogen-bond acceptors (Lipinski definition) is 6. The Morgan fingerprint density at radius 1 is 0.905 bits per heavy atom. The summed E-state index contributed by atoms with van der Waals surface area (Å²) in [6, 6.07) is 18.6. The molecule has 0 bridgehead atoms. The molecule has 2 amide bonds. The minimum absolute atomic E-state index is 0.0250. The number of anilines is 1. The zero-order valence-corrected chi connectivity index (χ0v) is 26.0. The Morgan fingerprint density at radius 3 is 2.07 bits per heavy atom. The molecule has 0 saturated carbocycles. The number of benzene rings is 3. The van der Waals surface area contributed by atoms with E-state index in [9.17, 15) is 18.0 Å². The largest absolute Gasteiger partial charge is 0.497 e. The Kier molecular flexibility index (Phi) is 12.1. The van der Waals surface area contributed by atoms with E-state index in [1.807, 2.05) is 32.9 Å². The Hall–Kier alpha value is -3.76. The summed E-state index contributed by atoms with van der Waals surface area (Å²) in [7, 11) is -2.64. The van der Waals surface area contributed by atoms with Gasteiger partial charge in [0.05, 0.1) is 24.3 Å². The highest BCUT2D eigenvalue weighted by Crippen LogP contribution is 2.27. The number of methoxy groups -OCH3 is 1. The summed E-state index contributed by atoms with van der Waals surface area (Å²) in [5, 5.41) is 3.26. The van der Waals surface area contributed by atoms with Crippen LogP contribution in [-0.4, -0.2) is 58.0 Å². The van der Waals surface area contributed by atoms with Crippen LogP contribution >= 0.6 is 11.6 Å². The molecule has 9 nitrogen and oxygen atoms in total. The van der Waals surface area contributed by atoms with Gasteiger partial charge in [0.15, 0.2) is 0 Å². The number of nitrogens with zero attached hydrogens (tertiary/aromatic N) is 2. The van der Waals surface area contributed by atoms with E-state index in [0.29, 0.717) is 36.1 Å².